The zero-order valence-electron chi connectivity index (χ0n) is 11.8. The summed E-state index contributed by atoms with van der Waals surface area (Å²) < 4.78 is 0. The Kier molecular flexibility index (Phi) is 4.21. The number of aryl methyl sites for hydroxylation is 1. The van der Waals surface area contributed by atoms with E-state index in [1.165, 1.54) is 49.2 Å². The molecule has 0 radical (unpaired) electrons. The summed E-state index contributed by atoms with van der Waals surface area (Å²) in [5.74, 6) is 0.610. The lowest BCUT2D eigenvalue weighted by atomic mass is 9.85. The third-order valence-electron chi connectivity index (χ3n) is 4.18. The average molecular weight is 266 g/mol. The topological polar surface area (TPSA) is 3.24 Å². The molecule has 1 aromatic rings. The largest absolute Gasteiger partial charge is 0.372 e. The second kappa shape index (κ2) is 5.52. The highest BCUT2D eigenvalue weighted by molar-refractivity contribution is 6.17. The molecule has 0 saturated carbocycles. The van der Waals surface area contributed by atoms with Crippen LogP contribution in [0.3, 0.4) is 0 Å². The van der Waals surface area contributed by atoms with Crippen molar-refractivity contribution in [3.8, 4) is 0 Å². The molecule has 1 aliphatic rings. The highest BCUT2D eigenvalue weighted by atomic mass is 35.5. The number of benzene rings is 1. The predicted molar refractivity (Wildman–Crippen MR) is 80.6 cm³/mol. The Morgan fingerprint density at radius 1 is 1.22 bits per heavy atom. The van der Waals surface area contributed by atoms with Gasteiger partial charge in [0.05, 0.1) is 0 Å². The van der Waals surface area contributed by atoms with Gasteiger partial charge >= 0.3 is 0 Å². The fraction of sp³-hybridized carbons (Fsp3) is 0.625. The summed E-state index contributed by atoms with van der Waals surface area (Å²) in [6.07, 6.45) is 3.91. The lowest BCUT2D eigenvalue weighted by Crippen LogP contribution is -2.25. The summed E-state index contributed by atoms with van der Waals surface area (Å²) >= 11 is 5.92. The second-order valence-corrected chi connectivity index (χ2v) is 6.52. The predicted octanol–water partition coefficient (Wildman–Crippen LogP) is 4.75. The zero-order valence-corrected chi connectivity index (χ0v) is 12.6. The van der Waals surface area contributed by atoms with Crippen LogP contribution in [0.2, 0.25) is 0 Å². The van der Waals surface area contributed by atoms with Gasteiger partial charge in [-0.1, -0.05) is 19.9 Å². The fourth-order valence-corrected chi connectivity index (χ4v) is 3.01. The van der Waals surface area contributed by atoms with E-state index in [1.54, 1.807) is 0 Å². The third-order valence-corrected chi connectivity index (χ3v) is 4.46. The summed E-state index contributed by atoms with van der Waals surface area (Å²) in [6.45, 7) is 9.29. The molecule has 0 atom stereocenters. The molecule has 0 bridgehead atoms. The molecule has 1 nitrogen and oxygen atoms in total. The van der Waals surface area contributed by atoms with E-state index in [1.807, 2.05) is 0 Å². The van der Waals surface area contributed by atoms with Crippen molar-refractivity contribution in [3.63, 3.8) is 0 Å². The normalized spacial score (nSPS) is 19.7. The molecule has 0 spiro atoms. The van der Waals surface area contributed by atoms with Crippen LogP contribution in [-0.2, 0) is 5.88 Å². The monoisotopic (exact) mass is 265 g/mol. The summed E-state index contributed by atoms with van der Waals surface area (Å²) in [6, 6.07) is 6.69. The molecule has 2 rings (SSSR count). The quantitative estimate of drug-likeness (QED) is 0.698. The lowest BCUT2D eigenvalue weighted by molar-refractivity contribution is 0.325. The Morgan fingerprint density at radius 3 is 2.67 bits per heavy atom. The minimum absolute atomic E-state index is 0.500. The Bertz CT molecular complexity index is 412. The summed E-state index contributed by atoms with van der Waals surface area (Å²) in [7, 11) is 0. The first-order valence-corrected chi connectivity index (χ1v) is 7.46. The highest BCUT2D eigenvalue weighted by Gasteiger charge is 2.23. The zero-order chi connectivity index (χ0) is 13.2. The van der Waals surface area contributed by atoms with Gasteiger partial charge in [-0.2, -0.15) is 0 Å². The maximum absolute atomic E-state index is 5.92. The van der Waals surface area contributed by atoms with E-state index < -0.39 is 0 Å². The van der Waals surface area contributed by atoms with Crippen molar-refractivity contribution >= 4 is 17.3 Å². The van der Waals surface area contributed by atoms with E-state index >= 15 is 0 Å². The molecule has 1 aliphatic heterocycles. The van der Waals surface area contributed by atoms with E-state index in [4.69, 9.17) is 11.6 Å². The van der Waals surface area contributed by atoms with Crippen LogP contribution in [0.1, 0.15) is 44.2 Å². The number of alkyl halides is 1. The van der Waals surface area contributed by atoms with Crippen molar-refractivity contribution in [2.45, 2.75) is 45.9 Å². The van der Waals surface area contributed by atoms with Crippen LogP contribution < -0.4 is 4.90 Å². The smallest absolute Gasteiger partial charge is 0.0476 e. The van der Waals surface area contributed by atoms with Crippen LogP contribution in [0.15, 0.2) is 18.2 Å². The van der Waals surface area contributed by atoms with Gasteiger partial charge in [0.2, 0.25) is 0 Å². The number of halogens is 1. The summed E-state index contributed by atoms with van der Waals surface area (Å²) in [5, 5.41) is 0. The Balaban J connectivity index is 2.14. The SMILES string of the molecule is Cc1cc(N2CCCC(C)(C)CC2)ccc1CCl. The van der Waals surface area contributed by atoms with E-state index in [9.17, 15) is 0 Å². The molecule has 100 valence electrons. The number of anilines is 1. The standard InChI is InChI=1S/C16H24ClN/c1-13-11-15(6-5-14(13)12-17)18-9-4-7-16(2,3)8-10-18/h5-6,11H,4,7-10,12H2,1-3H3. The van der Waals surface area contributed by atoms with Gasteiger partial charge < -0.3 is 4.90 Å². The molecule has 0 aliphatic carbocycles. The molecule has 1 saturated heterocycles. The molecule has 18 heavy (non-hydrogen) atoms. The van der Waals surface area contributed by atoms with Gasteiger partial charge in [0.15, 0.2) is 0 Å². The van der Waals surface area contributed by atoms with E-state index in [0.717, 1.165) is 0 Å². The highest BCUT2D eigenvalue weighted by Crippen LogP contribution is 2.32. The van der Waals surface area contributed by atoms with E-state index in [-0.39, 0.29) is 0 Å². The van der Waals surface area contributed by atoms with Crippen LogP contribution >= 0.6 is 11.6 Å². The summed E-state index contributed by atoms with van der Waals surface area (Å²) in [4.78, 5) is 2.53. The average Bonchev–Trinajstić information content (AvgIpc) is 2.50. The van der Waals surface area contributed by atoms with Crippen LogP contribution in [-0.4, -0.2) is 13.1 Å². The molecular formula is C16H24ClN. The molecule has 1 fully saturated rings. The Morgan fingerprint density at radius 2 is 2.00 bits per heavy atom. The van der Waals surface area contributed by atoms with E-state index in [2.05, 4.69) is 43.9 Å². The molecule has 1 heterocycles. The van der Waals surface area contributed by atoms with Gasteiger partial charge in [0.25, 0.3) is 0 Å². The van der Waals surface area contributed by atoms with Crippen LogP contribution in [0.4, 0.5) is 5.69 Å². The van der Waals surface area contributed by atoms with Crippen molar-refractivity contribution in [1.29, 1.82) is 0 Å². The molecule has 0 N–H and O–H groups in total. The number of nitrogens with zero attached hydrogens (tertiary/aromatic N) is 1. The first kappa shape index (κ1) is 13.7. The van der Waals surface area contributed by atoms with Crippen LogP contribution in [0.25, 0.3) is 0 Å². The van der Waals surface area contributed by atoms with Crippen molar-refractivity contribution in [2.75, 3.05) is 18.0 Å². The van der Waals surface area contributed by atoms with E-state index in [0.29, 0.717) is 11.3 Å². The molecule has 0 aromatic heterocycles. The van der Waals surface area contributed by atoms with Crippen molar-refractivity contribution in [2.24, 2.45) is 5.41 Å². The maximum Gasteiger partial charge on any atom is 0.0476 e. The van der Waals surface area contributed by atoms with Gasteiger partial charge in [-0.25, -0.2) is 0 Å². The molecular weight excluding hydrogens is 242 g/mol. The molecule has 0 unspecified atom stereocenters. The molecule has 1 aromatic carbocycles. The summed E-state index contributed by atoms with van der Waals surface area (Å²) in [5.41, 5.74) is 4.42. The third kappa shape index (κ3) is 3.20. The second-order valence-electron chi connectivity index (χ2n) is 6.25. The van der Waals surface area contributed by atoms with Crippen molar-refractivity contribution in [1.82, 2.24) is 0 Å². The lowest BCUT2D eigenvalue weighted by Gasteiger charge is -2.25. The number of hydrogen-bond donors (Lipinski definition) is 0. The number of hydrogen-bond acceptors (Lipinski definition) is 1. The van der Waals surface area contributed by atoms with Gasteiger partial charge in [0.1, 0.15) is 0 Å². The first-order valence-electron chi connectivity index (χ1n) is 6.92. The van der Waals surface area contributed by atoms with Gasteiger partial charge in [-0.15, -0.1) is 11.6 Å². The van der Waals surface area contributed by atoms with Gasteiger partial charge in [-0.3, -0.25) is 0 Å². The fourth-order valence-electron chi connectivity index (χ4n) is 2.71. The Hall–Kier alpha value is -0.690. The van der Waals surface area contributed by atoms with Gasteiger partial charge in [0, 0.05) is 24.7 Å². The number of rotatable bonds is 2. The molecule has 2 heteroatoms. The van der Waals surface area contributed by atoms with Crippen molar-refractivity contribution < 1.29 is 0 Å². The minimum atomic E-state index is 0.500. The first-order chi connectivity index (χ1) is 8.52. The van der Waals surface area contributed by atoms with Gasteiger partial charge in [-0.05, 0) is 54.9 Å². The van der Waals surface area contributed by atoms with Crippen LogP contribution in [0, 0.1) is 12.3 Å². The molecule has 0 amide bonds. The minimum Gasteiger partial charge on any atom is -0.372 e. The Labute approximate surface area is 116 Å². The van der Waals surface area contributed by atoms with Crippen LogP contribution in [0.5, 0.6) is 0 Å². The van der Waals surface area contributed by atoms with Crippen molar-refractivity contribution in [3.05, 3.63) is 29.3 Å². The maximum atomic E-state index is 5.92.